The smallest absolute Gasteiger partial charge is 0.327 e. The maximum atomic E-state index is 11.3. The van der Waals surface area contributed by atoms with Crippen LogP contribution in [-0.2, 0) is 0 Å². The van der Waals surface area contributed by atoms with E-state index in [4.69, 9.17) is 0 Å². The summed E-state index contributed by atoms with van der Waals surface area (Å²) in [6.45, 7) is 4.89. The summed E-state index contributed by atoms with van der Waals surface area (Å²) in [5.74, 6) is 1.46. The van der Waals surface area contributed by atoms with E-state index < -0.39 is 5.69 Å². The van der Waals surface area contributed by atoms with Gasteiger partial charge in [-0.1, -0.05) is 0 Å². The Bertz CT molecular complexity index is 716. The molecule has 8 nitrogen and oxygen atoms in total. The SMILES string of the molecule is Cc1cc(N2CCN(c3cc(=O)[nH]c(=O)[nH]3)CC2)ncn1. The second kappa shape index (κ2) is 5.39. The molecule has 0 unspecified atom stereocenters. The van der Waals surface area contributed by atoms with Gasteiger partial charge in [-0.05, 0) is 6.92 Å². The number of anilines is 2. The van der Waals surface area contributed by atoms with Crippen molar-refractivity contribution >= 4 is 11.6 Å². The van der Waals surface area contributed by atoms with Gasteiger partial charge in [-0.3, -0.25) is 14.8 Å². The predicted molar refractivity (Wildman–Crippen MR) is 78.9 cm³/mol. The predicted octanol–water partition coefficient (Wildman–Crippen LogP) is -0.512. The summed E-state index contributed by atoms with van der Waals surface area (Å²) in [5.41, 5.74) is 0.0651. The largest absolute Gasteiger partial charge is 0.354 e. The molecule has 3 rings (SSSR count). The molecule has 110 valence electrons. The van der Waals surface area contributed by atoms with Crippen LogP contribution in [0, 0.1) is 6.92 Å². The maximum absolute atomic E-state index is 11.3. The molecule has 0 spiro atoms. The molecule has 2 aromatic rings. The molecule has 2 N–H and O–H groups in total. The fourth-order valence-corrected chi connectivity index (χ4v) is 2.42. The van der Waals surface area contributed by atoms with Crippen LogP contribution in [0.25, 0.3) is 0 Å². The van der Waals surface area contributed by atoms with E-state index in [1.54, 1.807) is 6.33 Å². The highest BCUT2D eigenvalue weighted by Gasteiger charge is 2.19. The van der Waals surface area contributed by atoms with E-state index in [9.17, 15) is 9.59 Å². The van der Waals surface area contributed by atoms with E-state index in [2.05, 4.69) is 24.8 Å². The average Bonchev–Trinajstić information content (AvgIpc) is 2.46. The Labute approximate surface area is 120 Å². The van der Waals surface area contributed by atoms with Crippen molar-refractivity contribution in [3.8, 4) is 0 Å². The number of aryl methyl sites for hydroxylation is 1. The molecule has 8 heteroatoms. The lowest BCUT2D eigenvalue weighted by Gasteiger charge is -2.36. The first-order chi connectivity index (χ1) is 10.1. The summed E-state index contributed by atoms with van der Waals surface area (Å²) >= 11 is 0. The highest BCUT2D eigenvalue weighted by atomic mass is 16.2. The molecule has 3 heterocycles. The Morgan fingerprint density at radius 1 is 1.00 bits per heavy atom. The van der Waals surface area contributed by atoms with Crippen LogP contribution in [-0.4, -0.2) is 46.1 Å². The zero-order chi connectivity index (χ0) is 14.8. The number of nitrogens with one attached hydrogen (secondary N) is 2. The first-order valence-electron chi connectivity index (χ1n) is 6.74. The third-order valence-corrected chi connectivity index (χ3v) is 3.48. The van der Waals surface area contributed by atoms with E-state index in [0.717, 1.165) is 24.6 Å². The van der Waals surface area contributed by atoms with Crippen LogP contribution >= 0.6 is 0 Å². The van der Waals surface area contributed by atoms with Gasteiger partial charge in [-0.25, -0.2) is 14.8 Å². The standard InChI is InChI=1S/C13H16N6O2/c1-9-6-10(15-8-14-9)18-2-4-19(5-3-18)11-7-12(20)17-13(21)16-11/h6-8H,2-5H2,1H3,(H2,16,17,20,21). The summed E-state index contributed by atoms with van der Waals surface area (Å²) in [7, 11) is 0. The third kappa shape index (κ3) is 2.93. The van der Waals surface area contributed by atoms with Gasteiger partial charge in [0.05, 0.1) is 0 Å². The molecule has 0 aromatic carbocycles. The lowest BCUT2D eigenvalue weighted by Crippen LogP contribution is -2.48. The minimum atomic E-state index is -0.480. The molecule has 0 aliphatic carbocycles. The molecule has 0 atom stereocenters. The number of H-pyrrole nitrogens is 2. The van der Waals surface area contributed by atoms with Crippen molar-refractivity contribution in [2.24, 2.45) is 0 Å². The van der Waals surface area contributed by atoms with Crippen molar-refractivity contribution < 1.29 is 0 Å². The highest BCUT2D eigenvalue weighted by molar-refractivity contribution is 5.44. The van der Waals surface area contributed by atoms with Crippen LogP contribution in [0.5, 0.6) is 0 Å². The van der Waals surface area contributed by atoms with Gasteiger partial charge in [-0.15, -0.1) is 0 Å². The number of hydrogen-bond donors (Lipinski definition) is 2. The molecule has 0 saturated carbocycles. The first kappa shape index (κ1) is 13.3. The molecular formula is C13H16N6O2. The van der Waals surface area contributed by atoms with Gasteiger partial charge in [0.2, 0.25) is 0 Å². The second-order valence-corrected chi connectivity index (χ2v) is 4.96. The Morgan fingerprint density at radius 3 is 2.38 bits per heavy atom. The molecule has 1 aliphatic heterocycles. The van der Waals surface area contributed by atoms with E-state index in [1.807, 2.05) is 17.9 Å². The molecule has 2 aromatic heterocycles. The van der Waals surface area contributed by atoms with Crippen LogP contribution in [0.3, 0.4) is 0 Å². The molecule has 0 radical (unpaired) electrons. The van der Waals surface area contributed by atoms with Gasteiger partial charge in [0.1, 0.15) is 18.0 Å². The number of nitrogens with zero attached hydrogens (tertiary/aromatic N) is 4. The van der Waals surface area contributed by atoms with Crippen LogP contribution in [0.1, 0.15) is 5.69 Å². The minimum absolute atomic E-state index is 0.386. The molecule has 21 heavy (non-hydrogen) atoms. The van der Waals surface area contributed by atoms with Crippen molar-refractivity contribution in [1.82, 2.24) is 19.9 Å². The quantitative estimate of drug-likeness (QED) is 0.772. The maximum Gasteiger partial charge on any atom is 0.327 e. The van der Waals surface area contributed by atoms with Crippen molar-refractivity contribution in [2.45, 2.75) is 6.92 Å². The number of piperazine rings is 1. The third-order valence-electron chi connectivity index (χ3n) is 3.48. The molecule has 0 bridgehead atoms. The van der Waals surface area contributed by atoms with Gasteiger partial charge in [0.25, 0.3) is 5.56 Å². The molecule has 0 amide bonds. The fraction of sp³-hybridized carbons (Fsp3) is 0.385. The summed E-state index contributed by atoms with van der Waals surface area (Å²) in [6.07, 6.45) is 1.56. The van der Waals surface area contributed by atoms with E-state index >= 15 is 0 Å². The average molecular weight is 288 g/mol. The molecular weight excluding hydrogens is 272 g/mol. The number of hydrogen-bond acceptors (Lipinski definition) is 6. The summed E-state index contributed by atoms with van der Waals surface area (Å²) in [4.78, 5) is 40.0. The van der Waals surface area contributed by atoms with Gasteiger partial charge < -0.3 is 9.80 Å². The van der Waals surface area contributed by atoms with Crippen LogP contribution in [0.2, 0.25) is 0 Å². The summed E-state index contributed by atoms with van der Waals surface area (Å²) in [5, 5.41) is 0. The topological polar surface area (TPSA) is 98.0 Å². The van der Waals surface area contributed by atoms with Gasteiger partial charge in [-0.2, -0.15) is 0 Å². The van der Waals surface area contributed by atoms with Gasteiger partial charge in [0, 0.05) is 44.0 Å². The molecule has 1 aliphatic rings. The second-order valence-electron chi connectivity index (χ2n) is 4.96. The van der Waals surface area contributed by atoms with E-state index in [1.165, 1.54) is 6.07 Å². The number of aromatic amines is 2. The first-order valence-corrected chi connectivity index (χ1v) is 6.74. The Hall–Kier alpha value is -2.64. The normalized spacial score (nSPS) is 15.3. The molecule has 1 saturated heterocycles. The van der Waals surface area contributed by atoms with Crippen LogP contribution < -0.4 is 21.0 Å². The fourth-order valence-electron chi connectivity index (χ4n) is 2.42. The van der Waals surface area contributed by atoms with Gasteiger partial charge >= 0.3 is 5.69 Å². The van der Waals surface area contributed by atoms with Crippen LogP contribution in [0.4, 0.5) is 11.6 Å². The van der Waals surface area contributed by atoms with Crippen molar-refractivity contribution in [2.75, 3.05) is 36.0 Å². The highest BCUT2D eigenvalue weighted by Crippen LogP contribution is 2.16. The summed E-state index contributed by atoms with van der Waals surface area (Å²) in [6, 6.07) is 3.36. The van der Waals surface area contributed by atoms with Crippen molar-refractivity contribution in [1.29, 1.82) is 0 Å². The van der Waals surface area contributed by atoms with Crippen LogP contribution in [0.15, 0.2) is 28.0 Å². The lowest BCUT2D eigenvalue weighted by molar-refractivity contribution is 0.638. The molecule has 1 fully saturated rings. The minimum Gasteiger partial charge on any atom is -0.354 e. The Balaban J connectivity index is 1.73. The summed E-state index contributed by atoms with van der Waals surface area (Å²) < 4.78 is 0. The van der Waals surface area contributed by atoms with E-state index in [-0.39, 0.29) is 5.56 Å². The number of rotatable bonds is 2. The number of aromatic nitrogens is 4. The zero-order valence-electron chi connectivity index (χ0n) is 11.7. The van der Waals surface area contributed by atoms with E-state index in [0.29, 0.717) is 18.9 Å². The Kier molecular flexibility index (Phi) is 3.43. The van der Waals surface area contributed by atoms with Crippen molar-refractivity contribution in [3.63, 3.8) is 0 Å². The van der Waals surface area contributed by atoms with Crippen molar-refractivity contribution in [3.05, 3.63) is 45.0 Å². The lowest BCUT2D eigenvalue weighted by atomic mass is 10.3. The zero-order valence-corrected chi connectivity index (χ0v) is 11.7. The Morgan fingerprint density at radius 2 is 1.71 bits per heavy atom. The van der Waals surface area contributed by atoms with Gasteiger partial charge in [0.15, 0.2) is 0 Å². The monoisotopic (exact) mass is 288 g/mol.